The van der Waals surface area contributed by atoms with Gasteiger partial charge in [-0.25, -0.2) is 4.79 Å². The average Bonchev–Trinajstić information content (AvgIpc) is 2.43. The number of carbonyl (C=O) groups excluding carboxylic acids is 2. The third-order valence-corrected chi connectivity index (χ3v) is 3.39. The molecule has 0 aromatic heterocycles. The first-order chi connectivity index (χ1) is 10.4. The fraction of sp³-hybridized carbons (Fsp3) is 0.176. The van der Waals surface area contributed by atoms with E-state index in [9.17, 15) is 9.59 Å². The molecule has 5 heteroatoms. The molecule has 22 heavy (non-hydrogen) atoms. The van der Waals surface area contributed by atoms with Crippen LogP contribution in [0.4, 0.5) is 5.69 Å². The number of hydrogen-bond acceptors (Lipinski definition) is 3. The Hall–Kier alpha value is -2.14. The maximum absolute atomic E-state index is 11.8. The lowest BCUT2D eigenvalue weighted by molar-refractivity contribution is -0.119. The van der Waals surface area contributed by atoms with Crippen LogP contribution in [0.25, 0.3) is 0 Å². The van der Waals surface area contributed by atoms with Gasteiger partial charge in [0.15, 0.2) is 6.61 Å². The molecule has 0 fully saturated rings. The lowest BCUT2D eigenvalue weighted by atomic mass is 10.1. The maximum Gasteiger partial charge on any atom is 0.338 e. The van der Waals surface area contributed by atoms with Crippen molar-refractivity contribution in [1.29, 1.82) is 0 Å². The fourth-order valence-corrected chi connectivity index (χ4v) is 2.47. The Morgan fingerprint density at radius 3 is 2.41 bits per heavy atom. The Bertz CT molecular complexity index is 693. The van der Waals surface area contributed by atoms with Gasteiger partial charge >= 0.3 is 5.97 Å². The van der Waals surface area contributed by atoms with Gasteiger partial charge < -0.3 is 10.1 Å². The van der Waals surface area contributed by atoms with Crippen LogP contribution < -0.4 is 5.32 Å². The standard InChI is InChI=1S/C17H16BrNO3/c1-11-6-12(2)8-15(7-11)19-16(20)10-22-17(21)13-4-3-5-14(18)9-13/h3-9H,10H2,1-2H3,(H,19,20). The molecule has 2 rings (SSSR count). The van der Waals surface area contributed by atoms with Gasteiger partial charge in [0.25, 0.3) is 5.91 Å². The Morgan fingerprint density at radius 1 is 1.09 bits per heavy atom. The van der Waals surface area contributed by atoms with Crippen molar-refractivity contribution < 1.29 is 14.3 Å². The summed E-state index contributed by atoms with van der Waals surface area (Å²) < 4.78 is 5.79. The molecule has 0 heterocycles. The molecule has 2 aromatic rings. The molecule has 114 valence electrons. The topological polar surface area (TPSA) is 55.4 Å². The smallest absolute Gasteiger partial charge is 0.338 e. The summed E-state index contributed by atoms with van der Waals surface area (Å²) in [6.45, 7) is 3.59. The molecule has 0 atom stereocenters. The van der Waals surface area contributed by atoms with Gasteiger partial charge in [-0.05, 0) is 55.3 Å². The highest BCUT2D eigenvalue weighted by atomic mass is 79.9. The lowest BCUT2D eigenvalue weighted by Crippen LogP contribution is -2.21. The number of amides is 1. The zero-order chi connectivity index (χ0) is 16.1. The monoisotopic (exact) mass is 361 g/mol. The molecular formula is C17H16BrNO3. The van der Waals surface area contributed by atoms with Crippen molar-refractivity contribution in [2.75, 3.05) is 11.9 Å². The first kappa shape index (κ1) is 16.2. The molecule has 0 saturated heterocycles. The number of rotatable bonds is 4. The largest absolute Gasteiger partial charge is 0.452 e. The fourth-order valence-electron chi connectivity index (χ4n) is 2.07. The first-order valence-corrected chi connectivity index (χ1v) is 7.54. The minimum absolute atomic E-state index is 0.321. The minimum Gasteiger partial charge on any atom is -0.452 e. The number of anilines is 1. The molecule has 0 radical (unpaired) electrons. The molecule has 1 N–H and O–H groups in total. The second-order valence-electron chi connectivity index (χ2n) is 5.01. The molecule has 0 unspecified atom stereocenters. The van der Waals surface area contributed by atoms with E-state index in [2.05, 4.69) is 21.2 Å². The van der Waals surface area contributed by atoms with Gasteiger partial charge in [0.1, 0.15) is 0 Å². The minimum atomic E-state index is -0.531. The number of benzene rings is 2. The van der Waals surface area contributed by atoms with Crippen molar-refractivity contribution in [2.45, 2.75) is 13.8 Å². The van der Waals surface area contributed by atoms with Gasteiger partial charge in [0, 0.05) is 10.2 Å². The first-order valence-electron chi connectivity index (χ1n) is 6.75. The third kappa shape index (κ3) is 4.70. The molecule has 0 bridgehead atoms. The van der Waals surface area contributed by atoms with Crippen molar-refractivity contribution >= 4 is 33.5 Å². The number of carbonyl (C=O) groups is 2. The van der Waals surface area contributed by atoms with E-state index >= 15 is 0 Å². The van der Waals surface area contributed by atoms with Crippen molar-refractivity contribution in [2.24, 2.45) is 0 Å². The van der Waals surface area contributed by atoms with Crippen LogP contribution in [0.3, 0.4) is 0 Å². The maximum atomic E-state index is 11.8. The summed E-state index contributed by atoms with van der Waals surface area (Å²) in [5.74, 6) is -0.898. The van der Waals surface area contributed by atoms with E-state index in [-0.39, 0.29) is 12.5 Å². The molecule has 0 aliphatic rings. The Morgan fingerprint density at radius 2 is 1.77 bits per heavy atom. The van der Waals surface area contributed by atoms with Crippen LogP contribution in [-0.2, 0) is 9.53 Å². The number of aryl methyl sites for hydroxylation is 2. The van der Waals surface area contributed by atoms with Crippen LogP contribution in [-0.4, -0.2) is 18.5 Å². The SMILES string of the molecule is Cc1cc(C)cc(NC(=O)COC(=O)c2cccc(Br)c2)c1. The van der Waals surface area contributed by atoms with Crippen molar-refractivity contribution in [3.05, 3.63) is 63.6 Å². The van der Waals surface area contributed by atoms with E-state index in [1.54, 1.807) is 18.2 Å². The molecular weight excluding hydrogens is 346 g/mol. The zero-order valence-corrected chi connectivity index (χ0v) is 13.9. The van der Waals surface area contributed by atoms with E-state index in [4.69, 9.17) is 4.74 Å². The average molecular weight is 362 g/mol. The van der Waals surface area contributed by atoms with Crippen LogP contribution in [0.2, 0.25) is 0 Å². The zero-order valence-electron chi connectivity index (χ0n) is 12.4. The summed E-state index contributed by atoms with van der Waals surface area (Å²) in [6.07, 6.45) is 0. The van der Waals surface area contributed by atoms with Gasteiger partial charge in [0.2, 0.25) is 0 Å². The number of esters is 1. The van der Waals surface area contributed by atoms with Gasteiger partial charge in [-0.15, -0.1) is 0 Å². The molecule has 0 aliphatic carbocycles. The molecule has 0 aliphatic heterocycles. The highest BCUT2D eigenvalue weighted by Crippen LogP contribution is 2.14. The normalized spacial score (nSPS) is 10.1. The molecule has 4 nitrogen and oxygen atoms in total. The Kier molecular flexibility index (Phi) is 5.33. The van der Waals surface area contributed by atoms with Gasteiger partial charge in [-0.3, -0.25) is 4.79 Å². The highest BCUT2D eigenvalue weighted by Gasteiger charge is 2.10. The molecule has 2 aromatic carbocycles. The van der Waals surface area contributed by atoms with Crippen LogP contribution in [0.1, 0.15) is 21.5 Å². The van der Waals surface area contributed by atoms with Crippen LogP contribution in [0, 0.1) is 13.8 Å². The van der Waals surface area contributed by atoms with Gasteiger partial charge in [-0.2, -0.15) is 0 Å². The Balaban J connectivity index is 1.91. The summed E-state index contributed by atoms with van der Waals surface area (Å²) in [5, 5.41) is 2.72. The van der Waals surface area contributed by atoms with Crippen LogP contribution in [0.5, 0.6) is 0 Å². The van der Waals surface area contributed by atoms with Crippen molar-refractivity contribution in [1.82, 2.24) is 0 Å². The summed E-state index contributed by atoms with van der Waals surface area (Å²) >= 11 is 3.28. The van der Waals surface area contributed by atoms with E-state index in [0.29, 0.717) is 11.3 Å². The van der Waals surface area contributed by atoms with Crippen molar-refractivity contribution in [3.8, 4) is 0 Å². The molecule has 1 amide bonds. The van der Waals surface area contributed by atoms with E-state index in [1.165, 1.54) is 0 Å². The highest BCUT2D eigenvalue weighted by molar-refractivity contribution is 9.10. The van der Waals surface area contributed by atoms with Gasteiger partial charge in [0.05, 0.1) is 5.56 Å². The summed E-state index contributed by atoms with van der Waals surface area (Å²) in [7, 11) is 0. The van der Waals surface area contributed by atoms with Crippen LogP contribution >= 0.6 is 15.9 Å². The van der Waals surface area contributed by atoms with Crippen molar-refractivity contribution in [3.63, 3.8) is 0 Å². The second-order valence-corrected chi connectivity index (χ2v) is 5.93. The number of hydrogen-bond donors (Lipinski definition) is 1. The third-order valence-electron chi connectivity index (χ3n) is 2.90. The van der Waals surface area contributed by atoms with E-state index in [0.717, 1.165) is 15.6 Å². The summed E-state index contributed by atoms with van der Waals surface area (Å²) in [6, 6.07) is 12.6. The molecule has 0 saturated carbocycles. The van der Waals surface area contributed by atoms with Crippen LogP contribution in [0.15, 0.2) is 46.9 Å². The summed E-state index contributed by atoms with van der Waals surface area (Å²) in [4.78, 5) is 23.7. The lowest BCUT2D eigenvalue weighted by Gasteiger charge is -2.08. The number of ether oxygens (including phenoxy) is 1. The predicted octanol–water partition coefficient (Wildman–Crippen LogP) is 3.86. The number of nitrogens with one attached hydrogen (secondary N) is 1. The predicted molar refractivity (Wildman–Crippen MR) is 89.0 cm³/mol. The van der Waals surface area contributed by atoms with E-state index < -0.39 is 5.97 Å². The number of halogens is 1. The summed E-state index contributed by atoms with van der Waals surface area (Å²) in [5.41, 5.74) is 3.21. The van der Waals surface area contributed by atoms with E-state index in [1.807, 2.05) is 38.1 Å². The van der Waals surface area contributed by atoms with Gasteiger partial charge in [-0.1, -0.05) is 28.1 Å². The quantitative estimate of drug-likeness (QED) is 0.841. The second kappa shape index (κ2) is 7.22. The molecule has 0 spiro atoms. The Labute approximate surface area is 137 Å².